The summed E-state index contributed by atoms with van der Waals surface area (Å²) in [5.74, 6) is 0.874. The summed E-state index contributed by atoms with van der Waals surface area (Å²) in [7, 11) is 0. The van der Waals surface area contributed by atoms with Crippen molar-refractivity contribution in [2.45, 2.75) is 20.5 Å². The summed E-state index contributed by atoms with van der Waals surface area (Å²) in [6, 6.07) is 22.1. The first kappa shape index (κ1) is 22.1. The molecule has 0 saturated heterocycles. The summed E-state index contributed by atoms with van der Waals surface area (Å²) in [6.45, 7) is 6.23. The first-order chi connectivity index (χ1) is 16.1. The highest BCUT2D eigenvalue weighted by Gasteiger charge is 2.12. The molecule has 0 aliphatic carbocycles. The minimum atomic E-state index is -0.282. The molecule has 4 aromatic rings. The van der Waals surface area contributed by atoms with E-state index in [-0.39, 0.29) is 12.4 Å². The molecule has 166 valence electrons. The topological polar surface area (TPSA) is 64.9 Å². The van der Waals surface area contributed by atoms with Gasteiger partial charge in [-0.25, -0.2) is 9.37 Å². The third-order valence-electron chi connectivity index (χ3n) is 5.50. The van der Waals surface area contributed by atoms with E-state index in [0.29, 0.717) is 17.1 Å². The Hall–Kier alpha value is -4.11. The van der Waals surface area contributed by atoms with Gasteiger partial charge in [0.2, 0.25) is 0 Å². The van der Waals surface area contributed by atoms with E-state index in [0.717, 1.165) is 40.9 Å². The number of H-pyrrole nitrogens is 1. The van der Waals surface area contributed by atoms with Crippen molar-refractivity contribution in [2.75, 3.05) is 18.0 Å². The number of hydrogen-bond acceptors (Lipinski definition) is 4. The van der Waals surface area contributed by atoms with Crippen LogP contribution in [0.2, 0.25) is 0 Å². The van der Waals surface area contributed by atoms with Crippen molar-refractivity contribution in [3.05, 3.63) is 89.5 Å². The molecule has 0 bridgehead atoms. The van der Waals surface area contributed by atoms with Crippen LogP contribution < -0.4 is 9.64 Å². The highest BCUT2D eigenvalue weighted by molar-refractivity contribution is 5.91. The number of benzene rings is 3. The fraction of sp³-hybridized carbons (Fsp3) is 0.185. The van der Waals surface area contributed by atoms with E-state index in [2.05, 4.69) is 34.8 Å². The molecule has 0 atom stereocenters. The summed E-state index contributed by atoms with van der Waals surface area (Å²) in [5.41, 5.74) is 4.75. The van der Waals surface area contributed by atoms with Gasteiger partial charge in [0.1, 0.15) is 30.1 Å². The highest BCUT2D eigenvalue weighted by atomic mass is 19.1. The Morgan fingerprint density at radius 2 is 1.85 bits per heavy atom. The number of fused-ring (bicyclic) bond motifs is 1. The lowest BCUT2D eigenvalue weighted by Gasteiger charge is -2.22. The van der Waals surface area contributed by atoms with Crippen LogP contribution in [-0.2, 0) is 6.61 Å². The largest absolute Gasteiger partial charge is 0.488 e. The van der Waals surface area contributed by atoms with Gasteiger partial charge >= 0.3 is 0 Å². The van der Waals surface area contributed by atoms with E-state index in [1.165, 1.54) is 12.1 Å². The van der Waals surface area contributed by atoms with Crippen LogP contribution >= 0.6 is 0 Å². The molecule has 6 heteroatoms. The number of aromatic amines is 1. The zero-order chi connectivity index (χ0) is 23.2. The monoisotopic (exact) mass is 440 g/mol. The molecule has 1 aromatic heterocycles. The molecule has 0 saturated carbocycles. The van der Waals surface area contributed by atoms with Gasteiger partial charge in [-0.15, -0.1) is 0 Å². The lowest BCUT2D eigenvalue weighted by molar-refractivity contribution is 0.305. The van der Waals surface area contributed by atoms with E-state index in [1.54, 1.807) is 18.2 Å². The number of imidazole rings is 1. The Labute approximate surface area is 192 Å². The fourth-order valence-corrected chi connectivity index (χ4v) is 3.68. The van der Waals surface area contributed by atoms with Crippen LogP contribution in [-0.4, -0.2) is 23.1 Å². The summed E-state index contributed by atoms with van der Waals surface area (Å²) >= 11 is 0. The highest BCUT2D eigenvalue weighted by Crippen LogP contribution is 2.30. The maximum absolute atomic E-state index is 13.3. The normalized spacial score (nSPS) is 11.4. The molecule has 33 heavy (non-hydrogen) atoms. The van der Waals surface area contributed by atoms with Gasteiger partial charge in [0.05, 0.1) is 16.6 Å². The van der Waals surface area contributed by atoms with Crippen LogP contribution in [0.1, 0.15) is 30.8 Å². The number of allylic oxidation sites excluding steroid dienone is 1. The molecule has 3 aromatic carbocycles. The molecular weight excluding hydrogens is 415 g/mol. The Bertz CT molecular complexity index is 1280. The minimum absolute atomic E-state index is 0.282. The third-order valence-corrected chi connectivity index (χ3v) is 5.50. The smallest absolute Gasteiger partial charge is 0.149 e. The van der Waals surface area contributed by atoms with Gasteiger partial charge < -0.3 is 14.6 Å². The second-order valence-corrected chi connectivity index (χ2v) is 7.58. The predicted molar refractivity (Wildman–Crippen MR) is 130 cm³/mol. The number of aromatic nitrogens is 2. The third kappa shape index (κ3) is 5.04. The zero-order valence-electron chi connectivity index (χ0n) is 18.7. The Morgan fingerprint density at radius 1 is 1.09 bits per heavy atom. The van der Waals surface area contributed by atoms with E-state index in [4.69, 9.17) is 4.74 Å². The summed E-state index contributed by atoms with van der Waals surface area (Å²) in [4.78, 5) is 9.99. The van der Waals surface area contributed by atoms with Gasteiger partial charge in [0, 0.05) is 30.4 Å². The van der Waals surface area contributed by atoms with Crippen molar-refractivity contribution in [1.82, 2.24) is 9.97 Å². The number of para-hydroxylation sites is 2. The average molecular weight is 441 g/mol. The van der Waals surface area contributed by atoms with Crippen molar-refractivity contribution in [1.29, 1.82) is 5.26 Å². The SMILES string of the molecule is CCN(CC)c1ccc(/C=C(\C#N)c2nc3ccccc3[nH]2)c(OCc2ccc(F)cc2)c1. The molecule has 0 spiro atoms. The summed E-state index contributed by atoms with van der Waals surface area (Å²) < 4.78 is 19.4. The number of nitrogens with one attached hydrogen (secondary N) is 1. The van der Waals surface area contributed by atoms with E-state index in [9.17, 15) is 9.65 Å². The van der Waals surface area contributed by atoms with E-state index in [1.807, 2.05) is 42.5 Å². The maximum atomic E-state index is 13.3. The second-order valence-electron chi connectivity index (χ2n) is 7.58. The Balaban J connectivity index is 1.71. The van der Waals surface area contributed by atoms with Crippen LogP contribution in [0.4, 0.5) is 10.1 Å². The quantitative estimate of drug-likeness (QED) is 0.332. The molecule has 0 amide bonds. The summed E-state index contributed by atoms with van der Waals surface area (Å²) in [5, 5.41) is 9.85. The van der Waals surface area contributed by atoms with Crippen molar-refractivity contribution >= 4 is 28.4 Å². The first-order valence-corrected chi connectivity index (χ1v) is 10.9. The molecule has 0 radical (unpaired) electrons. The zero-order valence-corrected chi connectivity index (χ0v) is 18.7. The number of halogens is 1. The van der Waals surface area contributed by atoms with Crippen LogP contribution in [0.5, 0.6) is 5.75 Å². The van der Waals surface area contributed by atoms with Crippen LogP contribution in [0.25, 0.3) is 22.7 Å². The molecule has 0 aliphatic heterocycles. The van der Waals surface area contributed by atoms with Crippen molar-refractivity contribution in [3.63, 3.8) is 0 Å². The van der Waals surface area contributed by atoms with Crippen LogP contribution in [0, 0.1) is 17.1 Å². The van der Waals surface area contributed by atoms with Gasteiger partial charge in [-0.05, 0) is 61.9 Å². The van der Waals surface area contributed by atoms with Gasteiger partial charge in [0.15, 0.2) is 0 Å². The standard InChI is InChI=1S/C27H25FN4O/c1-3-32(4-2)23-14-11-20(26(16-23)33-18-19-9-12-22(28)13-10-19)15-21(17-29)27-30-24-7-5-6-8-25(24)31-27/h5-16H,3-4,18H2,1-2H3,(H,30,31)/b21-15+. The van der Waals surface area contributed by atoms with Crippen LogP contribution in [0.3, 0.4) is 0 Å². The van der Waals surface area contributed by atoms with Gasteiger partial charge in [-0.3, -0.25) is 0 Å². The molecule has 0 unspecified atom stereocenters. The maximum Gasteiger partial charge on any atom is 0.149 e. The molecule has 0 fully saturated rings. The number of nitrogens with zero attached hydrogens (tertiary/aromatic N) is 3. The minimum Gasteiger partial charge on any atom is -0.488 e. The number of hydrogen-bond donors (Lipinski definition) is 1. The summed E-state index contributed by atoms with van der Waals surface area (Å²) in [6.07, 6.45) is 1.78. The number of nitriles is 1. The van der Waals surface area contributed by atoms with E-state index >= 15 is 0 Å². The average Bonchev–Trinajstić information content (AvgIpc) is 3.28. The Kier molecular flexibility index (Phi) is 6.70. The first-order valence-electron chi connectivity index (χ1n) is 10.9. The predicted octanol–water partition coefficient (Wildman–Crippen LogP) is 6.19. The number of anilines is 1. The van der Waals surface area contributed by atoms with Crippen molar-refractivity contribution < 1.29 is 9.13 Å². The van der Waals surface area contributed by atoms with E-state index < -0.39 is 0 Å². The van der Waals surface area contributed by atoms with Crippen LogP contribution in [0.15, 0.2) is 66.7 Å². The molecule has 1 N–H and O–H groups in total. The molecular formula is C27H25FN4O. The van der Waals surface area contributed by atoms with Crippen molar-refractivity contribution in [3.8, 4) is 11.8 Å². The van der Waals surface area contributed by atoms with Gasteiger partial charge in [-0.2, -0.15) is 5.26 Å². The van der Waals surface area contributed by atoms with Gasteiger partial charge in [-0.1, -0.05) is 24.3 Å². The molecule has 5 nitrogen and oxygen atoms in total. The lowest BCUT2D eigenvalue weighted by Crippen LogP contribution is -2.21. The molecule has 1 heterocycles. The molecule has 4 rings (SSSR count). The number of ether oxygens (including phenoxy) is 1. The fourth-order valence-electron chi connectivity index (χ4n) is 3.68. The Morgan fingerprint density at radius 3 is 2.55 bits per heavy atom. The lowest BCUT2D eigenvalue weighted by atomic mass is 10.1. The molecule has 0 aliphatic rings. The number of rotatable bonds is 8. The van der Waals surface area contributed by atoms with Gasteiger partial charge in [0.25, 0.3) is 0 Å². The van der Waals surface area contributed by atoms with Crippen molar-refractivity contribution in [2.24, 2.45) is 0 Å². The second kappa shape index (κ2) is 10.0.